The zero-order valence-electron chi connectivity index (χ0n) is 15.1. The van der Waals surface area contributed by atoms with E-state index in [1.807, 2.05) is 0 Å². The van der Waals surface area contributed by atoms with Crippen LogP contribution in [-0.4, -0.2) is 60.4 Å². The Hall–Kier alpha value is -1.36. The maximum atomic E-state index is 12.5. The molecule has 0 aromatic carbocycles. The Morgan fingerprint density at radius 3 is 2.71 bits per heavy atom. The van der Waals surface area contributed by atoms with Gasteiger partial charge in [-0.05, 0) is 51.4 Å². The molecule has 1 aliphatic carbocycles. The van der Waals surface area contributed by atoms with Crippen molar-refractivity contribution >= 4 is 11.8 Å². The molecule has 0 bridgehead atoms. The molecule has 24 heavy (non-hydrogen) atoms. The maximum Gasteiger partial charge on any atom is 0.239 e. The van der Waals surface area contributed by atoms with Gasteiger partial charge in [0.1, 0.15) is 0 Å². The second kappa shape index (κ2) is 7.68. The molecular weight excluding hydrogens is 302 g/mol. The third-order valence-corrected chi connectivity index (χ3v) is 5.74. The number of carbonyl (C=O) groups excluding carboxylic acids is 2. The summed E-state index contributed by atoms with van der Waals surface area (Å²) in [7, 11) is 0. The van der Waals surface area contributed by atoms with Gasteiger partial charge in [-0.25, -0.2) is 0 Å². The lowest BCUT2D eigenvalue weighted by molar-refractivity contribution is -0.138. The van der Waals surface area contributed by atoms with Crippen LogP contribution in [0.4, 0.5) is 0 Å². The van der Waals surface area contributed by atoms with Crippen LogP contribution < -0.4 is 5.32 Å². The van der Waals surface area contributed by atoms with Crippen molar-refractivity contribution in [3.63, 3.8) is 0 Å². The first-order valence-electron chi connectivity index (χ1n) is 9.48. The summed E-state index contributed by atoms with van der Waals surface area (Å²) in [6.45, 7) is 8.24. The van der Waals surface area contributed by atoms with Crippen molar-refractivity contribution in [2.45, 2.75) is 52.0 Å². The molecule has 0 aromatic heterocycles. The van der Waals surface area contributed by atoms with Gasteiger partial charge >= 0.3 is 0 Å². The molecule has 3 fully saturated rings. The fraction of sp³-hybridized carbons (Fsp3) is 0.789. The number of rotatable bonds is 6. The van der Waals surface area contributed by atoms with Gasteiger partial charge in [0.2, 0.25) is 11.8 Å². The van der Waals surface area contributed by atoms with Crippen molar-refractivity contribution < 1.29 is 9.59 Å². The summed E-state index contributed by atoms with van der Waals surface area (Å²) in [5, 5.41) is 3.25. The largest absolute Gasteiger partial charge is 0.350 e. The second-order valence-electron chi connectivity index (χ2n) is 7.78. The summed E-state index contributed by atoms with van der Waals surface area (Å²) in [5.41, 5.74) is 1.38. The predicted molar refractivity (Wildman–Crippen MR) is 94.4 cm³/mol. The molecule has 1 N–H and O–H groups in total. The van der Waals surface area contributed by atoms with Crippen LogP contribution in [0.1, 0.15) is 46.0 Å². The number of nitrogens with one attached hydrogen (secondary N) is 1. The Balaban J connectivity index is 1.53. The molecule has 1 saturated carbocycles. The molecule has 2 saturated heterocycles. The number of amides is 2. The second-order valence-corrected chi connectivity index (χ2v) is 7.78. The van der Waals surface area contributed by atoms with Gasteiger partial charge in [0.25, 0.3) is 0 Å². The van der Waals surface area contributed by atoms with Gasteiger partial charge in [0, 0.05) is 38.6 Å². The first-order valence-corrected chi connectivity index (χ1v) is 9.48. The molecule has 5 heteroatoms. The topological polar surface area (TPSA) is 52.7 Å². The van der Waals surface area contributed by atoms with Gasteiger partial charge in [0.15, 0.2) is 0 Å². The van der Waals surface area contributed by atoms with E-state index in [0.717, 1.165) is 44.9 Å². The monoisotopic (exact) mass is 333 g/mol. The van der Waals surface area contributed by atoms with Crippen LogP contribution in [-0.2, 0) is 9.59 Å². The molecular formula is C19H31N3O2. The molecule has 2 atom stereocenters. The third-order valence-electron chi connectivity index (χ3n) is 5.74. The summed E-state index contributed by atoms with van der Waals surface area (Å²) in [4.78, 5) is 28.5. The number of likely N-dealkylation sites (tertiary alicyclic amines) is 2. The minimum absolute atomic E-state index is 0.0190. The van der Waals surface area contributed by atoms with E-state index in [1.165, 1.54) is 18.4 Å². The van der Waals surface area contributed by atoms with E-state index in [0.29, 0.717) is 12.3 Å². The summed E-state index contributed by atoms with van der Waals surface area (Å²) in [5.74, 6) is 1.51. The molecule has 3 aliphatic rings. The van der Waals surface area contributed by atoms with Crippen molar-refractivity contribution in [1.29, 1.82) is 0 Å². The minimum atomic E-state index is 0.0190. The molecule has 2 heterocycles. The molecule has 0 unspecified atom stereocenters. The molecule has 0 aromatic rings. The highest BCUT2D eigenvalue weighted by Gasteiger charge is 2.43. The van der Waals surface area contributed by atoms with Gasteiger partial charge in [-0.3, -0.25) is 14.5 Å². The number of hydrogen-bond acceptors (Lipinski definition) is 3. The van der Waals surface area contributed by atoms with Crippen molar-refractivity contribution in [2.24, 2.45) is 11.8 Å². The van der Waals surface area contributed by atoms with Gasteiger partial charge in [-0.1, -0.05) is 11.6 Å². The highest BCUT2D eigenvalue weighted by molar-refractivity contribution is 5.85. The predicted octanol–water partition coefficient (Wildman–Crippen LogP) is 1.79. The molecule has 134 valence electrons. The Labute approximate surface area is 145 Å². The lowest BCUT2D eigenvalue weighted by Crippen LogP contribution is -2.48. The summed E-state index contributed by atoms with van der Waals surface area (Å²) >= 11 is 0. The van der Waals surface area contributed by atoms with Crippen LogP contribution in [0.5, 0.6) is 0 Å². The number of piperidine rings is 1. The van der Waals surface area contributed by atoms with Crippen LogP contribution >= 0.6 is 0 Å². The smallest absolute Gasteiger partial charge is 0.239 e. The van der Waals surface area contributed by atoms with Crippen molar-refractivity contribution in [3.8, 4) is 0 Å². The van der Waals surface area contributed by atoms with Gasteiger partial charge in [-0.2, -0.15) is 0 Å². The van der Waals surface area contributed by atoms with Crippen molar-refractivity contribution in [2.75, 3.05) is 32.7 Å². The summed E-state index contributed by atoms with van der Waals surface area (Å²) in [6.07, 6.45) is 7.35. The number of allylic oxidation sites excluding steroid dienone is 1. The van der Waals surface area contributed by atoms with Crippen LogP contribution in [0.15, 0.2) is 11.6 Å². The Morgan fingerprint density at radius 2 is 2.04 bits per heavy atom. The zero-order valence-corrected chi connectivity index (χ0v) is 15.1. The van der Waals surface area contributed by atoms with E-state index in [2.05, 4.69) is 30.1 Å². The van der Waals surface area contributed by atoms with Gasteiger partial charge in [-0.15, -0.1) is 0 Å². The van der Waals surface area contributed by atoms with E-state index in [-0.39, 0.29) is 24.4 Å². The third kappa shape index (κ3) is 4.38. The molecule has 5 nitrogen and oxygen atoms in total. The van der Waals surface area contributed by atoms with Crippen molar-refractivity contribution in [1.82, 2.24) is 15.1 Å². The Morgan fingerprint density at radius 1 is 1.25 bits per heavy atom. The van der Waals surface area contributed by atoms with Crippen LogP contribution in [0, 0.1) is 11.8 Å². The number of nitrogens with zero attached hydrogens (tertiary/aromatic N) is 2. The zero-order chi connectivity index (χ0) is 17.1. The fourth-order valence-corrected chi connectivity index (χ4v) is 4.10. The van der Waals surface area contributed by atoms with E-state index in [1.54, 1.807) is 4.90 Å². The highest BCUT2D eigenvalue weighted by Crippen LogP contribution is 2.41. The average Bonchev–Trinajstić information content (AvgIpc) is 3.32. The molecule has 0 radical (unpaired) electrons. The standard InChI is InChI=1S/C19H31N3O2/c1-3-14(2)10-21-11-16(15-7-8-15)17(12-21)20-18(23)13-22-9-5-4-6-19(22)24/h3,15-17H,4-13H2,1-2H3,(H,20,23)/b14-3+/t16-,17+/m0/s1. The fourth-order valence-electron chi connectivity index (χ4n) is 4.10. The minimum Gasteiger partial charge on any atom is -0.350 e. The van der Waals surface area contributed by atoms with Crippen LogP contribution in [0.25, 0.3) is 0 Å². The maximum absolute atomic E-state index is 12.5. The molecule has 3 rings (SSSR count). The van der Waals surface area contributed by atoms with Gasteiger partial charge < -0.3 is 10.2 Å². The Bertz CT molecular complexity index is 513. The first-order chi connectivity index (χ1) is 11.6. The van der Waals surface area contributed by atoms with Crippen molar-refractivity contribution in [3.05, 3.63) is 11.6 Å². The van der Waals surface area contributed by atoms with Crippen LogP contribution in [0.2, 0.25) is 0 Å². The normalized spacial score (nSPS) is 29.2. The van der Waals surface area contributed by atoms with Crippen LogP contribution in [0.3, 0.4) is 0 Å². The quantitative estimate of drug-likeness (QED) is 0.754. The van der Waals surface area contributed by atoms with E-state index >= 15 is 0 Å². The molecule has 2 aliphatic heterocycles. The number of hydrogen-bond donors (Lipinski definition) is 1. The lowest BCUT2D eigenvalue weighted by atomic mass is 9.98. The SMILES string of the molecule is C/C=C(\C)CN1C[C@@H](NC(=O)CN2CCCCC2=O)[C@H](C2CC2)C1. The average molecular weight is 333 g/mol. The number of carbonyl (C=O) groups is 2. The van der Waals surface area contributed by atoms with Gasteiger partial charge in [0.05, 0.1) is 6.54 Å². The molecule has 2 amide bonds. The summed E-state index contributed by atoms with van der Waals surface area (Å²) < 4.78 is 0. The van der Waals surface area contributed by atoms with E-state index < -0.39 is 0 Å². The molecule has 0 spiro atoms. The lowest BCUT2D eigenvalue weighted by Gasteiger charge is -2.27. The van der Waals surface area contributed by atoms with E-state index in [4.69, 9.17) is 0 Å². The first kappa shape index (κ1) is 17.5. The summed E-state index contributed by atoms with van der Waals surface area (Å²) in [6, 6.07) is 0.245. The highest BCUT2D eigenvalue weighted by atomic mass is 16.2. The van der Waals surface area contributed by atoms with E-state index in [9.17, 15) is 9.59 Å². The Kier molecular flexibility index (Phi) is 5.59.